The third kappa shape index (κ3) is 10.0. The standard InChI is InChI=1S/C29H29N5O4/c30-18-22-8-12-24(13-9-22)20-32-28(35)37-16-2-6-26-4-1-5-27(34-26)7-3-17-38-29(36)33-21-25-14-10-23(19-31)11-15-25/h1,4-5,8-15H,16-21,30-31H2,(H,32,35)(H,33,36). The Kier molecular flexibility index (Phi) is 11.2. The lowest BCUT2D eigenvalue weighted by atomic mass is 10.1. The highest BCUT2D eigenvalue weighted by molar-refractivity contribution is 5.67. The second-order valence-electron chi connectivity index (χ2n) is 7.91. The Balaban J connectivity index is 1.36. The third-order valence-corrected chi connectivity index (χ3v) is 5.12. The van der Waals surface area contributed by atoms with Crippen molar-refractivity contribution in [3.8, 4) is 23.7 Å². The summed E-state index contributed by atoms with van der Waals surface area (Å²) in [5.41, 5.74) is 16.0. The van der Waals surface area contributed by atoms with Gasteiger partial charge in [-0.1, -0.05) is 66.4 Å². The summed E-state index contributed by atoms with van der Waals surface area (Å²) >= 11 is 0. The Morgan fingerprint density at radius 2 is 1.05 bits per heavy atom. The number of carbonyl (C=O) groups is 2. The van der Waals surface area contributed by atoms with Crippen LogP contribution in [0.3, 0.4) is 0 Å². The molecular formula is C29H29N5O4. The van der Waals surface area contributed by atoms with Crippen molar-refractivity contribution in [2.75, 3.05) is 13.2 Å². The van der Waals surface area contributed by atoms with Gasteiger partial charge in [0.15, 0.2) is 13.2 Å². The van der Waals surface area contributed by atoms with Crippen molar-refractivity contribution in [3.63, 3.8) is 0 Å². The van der Waals surface area contributed by atoms with Crippen molar-refractivity contribution >= 4 is 12.2 Å². The average molecular weight is 512 g/mol. The molecule has 0 aliphatic carbocycles. The highest BCUT2D eigenvalue weighted by Crippen LogP contribution is 2.04. The number of nitrogens with zero attached hydrogens (tertiary/aromatic N) is 1. The number of benzene rings is 2. The van der Waals surface area contributed by atoms with E-state index in [1.165, 1.54) is 0 Å². The quantitative estimate of drug-likeness (QED) is 0.341. The number of aromatic nitrogens is 1. The van der Waals surface area contributed by atoms with E-state index < -0.39 is 12.2 Å². The molecule has 1 heterocycles. The summed E-state index contributed by atoms with van der Waals surface area (Å²) in [6, 6.07) is 20.4. The predicted molar refractivity (Wildman–Crippen MR) is 143 cm³/mol. The maximum absolute atomic E-state index is 11.8. The molecular weight excluding hydrogens is 482 g/mol. The lowest BCUT2D eigenvalue weighted by Gasteiger charge is -2.05. The molecule has 9 heteroatoms. The number of carbonyl (C=O) groups excluding carboxylic acids is 2. The molecule has 0 fully saturated rings. The molecule has 2 amide bonds. The Hall–Kier alpha value is -4.83. The molecule has 0 unspecified atom stereocenters. The van der Waals surface area contributed by atoms with Crippen LogP contribution in [0.2, 0.25) is 0 Å². The highest BCUT2D eigenvalue weighted by Gasteiger charge is 2.02. The lowest BCUT2D eigenvalue weighted by Crippen LogP contribution is -2.23. The molecule has 0 atom stereocenters. The predicted octanol–water partition coefficient (Wildman–Crippen LogP) is 2.55. The zero-order valence-electron chi connectivity index (χ0n) is 20.8. The van der Waals surface area contributed by atoms with E-state index in [9.17, 15) is 9.59 Å². The Morgan fingerprint density at radius 3 is 1.45 bits per heavy atom. The molecule has 9 nitrogen and oxygen atoms in total. The van der Waals surface area contributed by atoms with Crippen LogP contribution in [0.1, 0.15) is 33.6 Å². The van der Waals surface area contributed by atoms with Crippen LogP contribution in [0.15, 0.2) is 66.7 Å². The molecule has 3 rings (SSSR count). The van der Waals surface area contributed by atoms with Crippen molar-refractivity contribution in [1.82, 2.24) is 15.6 Å². The summed E-state index contributed by atoms with van der Waals surface area (Å²) in [6.45, 7) is 1.45. The number of alkyl carbamates (subject to hydrolysis) is 2. The number of pyridine rings is 1. The first-order valence-corrected chi connectivity index (χ1v) is 11.9. The van der Waals surface area contributed by atoms with Gasteiger partial charge in [0.1, 0.15) is 11.4 Å². The number of ether oxygens (including phenoxy) is 2. The molecule has 3 aromatic rings. The van der Waals surface area contributed by atoms with E-state index >= 15 is 0 Å². The first kappa shape index (κ1) is 27.8. The minimum absolute atomic E-state index is 0.0877. The highest BCUT2D eigenvalue weighted by atomic mass is 16.6. The first-order chi connectivity index (χ1) is 18.6. The second kappa shape index (κ2) is 15.3. The molecule has 6 N–H and O–H groups in total. The maximum atomic E-state index is 11.8. The summed E-state index contributed by atoms with van der Waals surface area (Å²) in [4.78, 5) is 28.0. The number of rotatable bonds is 8. The molecule has 0 aliphatic heterocycles. The fraction of sp³-hybridized carbons (Fsp3) is 0.207. The van der Waals surface area contributed by atoms with E-state index in [4.69, 9.17) is 20.9 Å². The van der Waals surface area contributed by atoms with Gasteiger partial charge in [0.05, 0.1) is 0 Å². The third-order valence-electron chi connectivity index (χ3n) is 5.12. The van der Waals surface area contributed by atoms with Crippen LogP contribution in [0.5, 0.6) is 0 Å². The van der Waals surface area contributed by atoms with Crippen LogP contribution in [0.25, 0.3) is 0 Å². The molecule has 1 aromatic heterocycles. The average Bonchev–Trinajstić information content (AvgIpc) is 2.96. The zero-order valence-corrected chi connectivity index (χ0v) is 20.8. The Labute approximate surface area is 221 Å². The second-order valence-corrected chi connectivity index (χ2v) is 7.91. The summed E-state index contributed by atoms with van der Waals surface area (Å²) in [6.07, 6.45) is -1.13. The number of nitrogens with two attached hydrogens (primary N) is 2. The van der Waals surface area contributed by atoms with Gasteiger partial charge in [0.25, 0.3) is 0 Å². The van der Waals surface area contributed by atoms with Gasteiger partial charge in [-0.15, -0.1) is 0 Å². The topological polar surface area (TPSA) is 142 Å². The molecule has 0 saturated carbocycles. The molecule has 0 aliphatic rings. The van der Waals surface area contributed by atoms with Crippen molar-refractivity contribution < 1.29 is 19.1 Å². The minimum Gasteiger partial charge on any atom is -0.436 e. The number of hydrogen-bond donors (Lipinski definition) is 4. The van der Waals surface area contributed by atoms with Gasteiger partial charge in [-0.25, -0.2) is 14.6 Å². The first-order valence-electron chi connectivity index (χ1n) is 11.9. The van der Waals surface area contributed by atoms with Crippen LogP contribution < -0.4 is 22.1 Å². The summed E-state index contributed by atoms with van der Waals surface area (Å²) in [7, 11) is 0. The molecule has 0 spiro atoms. The Bertz CT molecular complexity index is 1230. The fourth-order valence-corrected chi connectivity index (χ4v) is 3.07. The SMILES string of the molecule is NCc1ccc(CNC(=O)OCC#Cc2cccc(C#CCOC(=O)NCc3ccc(CN)cc3)n2)cc1. The molecule has 194 valence electrons. The van der Waals surface area contributed by atoms with E-state index in [0.717, 1.165) is 22.3 Å². The van der Waals surface area contributed by atoms with Gasteiger partial charge >= 0.3 is 12.2 Å². The fourth-order valence-electron chi connectivity index (χ4n) is 3.07. The van der Waals surface area contributed by atoms with Crippen LogP contribution in [0.4, 0.5) is 9.59 Å². The summed E-state index contributed by atoms with van der Waals surface area (Å²) < 4.78 is 10.1. The molecule has 0 saturated heterocycles. The van der Waals surface area contributed by atoms with E-state index in [2.05, 4.69) is 39.3 Å². The van der Waals surface area contributed by atoms with E-state index in [-0.39, 0.29) is 13.2 Å². The van der Waals surface area contributed by atoms with Crippen LogP contribution in [-0.2, 0) is 35.7 Å². The smallest absolute Gasteiger partial charge is 0.408 e. The van der Waals surface area contributed by atoms with Gasteiger partial charge in [0.2, 0.25) is 0 Å². The van der Waals surface area contributed by atoms with Crippen molar-refractivity contribution in [2.45, 2.75) is 26.2 Å². The van der Waals surface area contributed by atoms with Crippen LogP contribution in [0, 0.1) is 23.7 Å². The van der Waals surface area contributed by atoms with Crippen molar-refractivity contribution in [3.05, 3.63) is 100 Å². The van der Waals surface area contributed by atoms with Crippen LogP contribution >= 0.6 is 0 Å². The number of hydrogen-bond acceptors (Lipinski definition) is 7. The molecule has 0 radical (unpaired) electrons. The van der Waals surface area contributed by atoms with E-state index in [1.807, 2.05) is 48.5 Å². The van der Waals surface area contributed by atoms with Crippen molar-refractivity contribution in [2.24, 2.45) is 11.5 Å². The van der Waals surface area contributed by atoms with Crippen LogP contribution in [-0.4, -0.2) is 30.4 Å². The Morgan fingerprint density at radius 1 is 0.658 bits per heavy atom. The zero-order chi connectivity index (χ0) is 27.0. The minimum atomic E-state index is -0.566. The van der Waals surface area contributed by atoms with Gasteiger partial charge in [-0.2, -0.15) is 0 Å². The van der Waals surface area contributed by atoms with E-state index in [1.54, 1.807) is 18.2 Å². The van der Waals surface area contributed by atoms with E-state index in [0.29, 0.717) is 37.6 Å². The lowest BCUT2D eigenvalue weighted by molar-refractivity contribution is 0.158. The maximum Gasteiger partial charge on any atom is 0.408 e. The number of amides is 2. The normalized spacial score (nSPS) is 9.74. The van der Waals surface area contributed by atoms with Crippen molar-refractivity contribution in [1.29, 1.82) is 0 Å². The van der Waals surface area contributed by atoms with Gasteiger partial charge in [0, 0.05) is 26.2 Å². The largest absolute Gasteiger partial charge is 0.436 e. The number of nitrogens with one attached hydrogen (secondary N) is 2. The molecule has 0 bridgehead atoms. The molecule has 2 aromatic carbocycles. The summed E-state index contributed by atoms with van der Waals surface area (Å²) in [5.74, 6) is 11.1. The summed E-state index contributed by atoms with van der Waals surface area (Å²) in [5, 5.41) is 5.33. The van der Waals surface area contributed by atoms with Gasteiger partial charge in [-0.3, -0.25) is 0 Å². The van der Waals surface area contributed by atoms with Gasteiger partial charge < -0.3 is 31.6 Å². The molecule has 38 heavy (non-hydrogen) atoms. The monoisotopic (exact) mass is 511 g/mol. The van der Waals surface area contributed by atoms with Gasteiger partial charge in [-0.05, 0) is 46.2 Å².